The van der Waals surface area contributed by atoms with Gasteiger partial charge in [-0.15, -0.1) is 5.10 Å². The second kappa shape index (κ2) is 7.84. The number of H-pyrrole nitrogens is 1. The maximum Gasteiger partial charge on any atom is 0.277 e. The van der Waals surface area contributed by atoms with E-state index < -0.39 is 0 Å². The SMILES string of the molecule is CCc1nc(C2CCC(C(C)(C)C)CC2)n2nc(-c3nccc4ccccc34)[nH]c(=O)c12. The first kappa shape index (κ1) is 20.9. The highest BCUT2D eigenvalue weighted by Crippen LogP contribution is 2.43. The van der Waals surface area contributed by atoms with E-state index in [1.165, 1.54) is 12.8 Å². The number of aryl methyl sites for hydroxylation is 1. The molecule has 0 aliphatic heterocycles. The Labute approximate surface area is 188 Å². The third kappa shape index (κ3) is 3.51. The Balaban J connectivity index is 1.63. The molecule has 1 aliphatic carbocycles. The van der Waals surface area contributed by atoms with Gasteiger partial charge in [0.2, 0.25) is 0 Å². The minimum atomic E-state index is -0.149. The van der Waals surface area contributed by atoms with Gasteiger partial charge in [0.15, 0.2) is 11.3 Å². The van der Waals surface area contributed by atoms with Crippen LogP contribution < -0.4 is 5.56 Å². The number of imidazole rings is 1. The second-order valence-corrected chi connectivity index (χ2v) is 10.1. The molecule has 5 rings (SSSR count). The molecule has 0 amide bonds. The lowest BCUT2D eigenvalue weighted by Crippen LogP contribution is -2.26. The molecule has 3 heterocycles. The van der Waals surface area contributed by atoms with Crippen molar-refractivity contribution in [2.75, 3.05) is 0 Å². The number of benzene rings is 1. The first-order chi connectivity index (χ1) is 15.4. The number of pyridine rings is 1. The van der Waals surface area contributed by atoms with Crippen LogP contribution in [0.25, 0.3) is 27.8 Å². The van der Waals surface area contributed by atoms with Crippen LogP contribution in [-0.2, 0) is 6.42 Å². The molecule has 3 aromatic heterocycles. The molecular formula is C26H31N5O. The van der Waals surface area contributed by atoms with Crippen molar-refractivity contribution in [1.82, 2.24) is 24.6 Å². The fourth-order valence-electron chi connectivity index (χ4n) is 5.24. The van der Waals surface area contributed by atoms with Crippen LogP contribution in [0.1, 0.15) is 70.8 Å². The summed E-state index contributed by atoms with van der Waals surface area (Å²) in [6, 6.07) is 10.0. The van der Waals surface area contributed by atoms with Gasteiger partial charge in [0.05, 0.1) is 5.69 Å². The Morgan fingerprint density at radius 2 is 1.84 bits per heavy atom. The first-order valence-electron chi connectivity index (χ1n) is 11.7. The fraction of sp³-hybridized carbons (Fsp3) is 0.462. The highest BCUT2D eigenvalue weighted by molar-refractivity contribution is 5.92. The normalized spacial score (nSPS) is 19.6. The summed E-state index contributed by atoms with van der Waals surface area (Å²) in [5.41, 5.74) is 2.27. The summed E-state index contributed by atoms with van der Waals surface area (Å²) in [7, 11) is 0. The Bertz CT molecular complexity index is 1330. The van der Waals surface area contributed by atoms with Gasteiger partial charge in [-0.05, 0) is 54.9 Å². The summed E-state index contributed by atoms with van der Waals surface area (Å²) >= 11 is 0. The van der Waals surface area contributed by atoms with Crippen molar-refractivity contribution in [3.05, 3.63) is 58.4 Å². The quantitative estimate of drug-likeness (QED) is 0.465. The van der Waals surface area contributed by atoms with Crippen LogP contribution in [0.2, 0.25) is 0 Å². The van der Waals surface area contributed by atoms with Gasteiger partial charge < -0.3 is 4.98 Å². The maximum atomic E-state index is 13.2. The van der Waals surface area contributed by atoms with Crippen molar-refractivity contribution in [2.24, 2.45) is 11.3 Å². The van der Waals surface area contributed by atoms with E-state index in [-0.39, 0.29) is 5.56 Å². The standard InChI is InChI=1S/C26H31N5O/c1-5-20-22-25(32)29-23(21-19-9-7-6-8-16(19)14-15-27-21)30-31(22)24(28-20)17-10-12-18(13-11-17)26(2,3)4/h6-9,14-15,17-18H,5,10-13H2,1-4H3,(H,29,30,32). The molecule has 1 aliphatic rings. The summed E-state index contributed by atoms with van der Waals surface area (Å²) in [6.45, 7) is 9.05. The number of rotatable bonds is 3. The third-order valence-corrected chi connectivity index (χ3v) is 7.15. The first-order valence-corrected chi connectivity index (χ1v) is 11.7. The molecule has 0 saturated heterocycles. The van der Waals surface area contributed by atoms with E-state index in [0.717, 1.165) is 41.1 Å². The second-order valence-electron chi connectivity index (χ2n) is 10.1. The van der Waals surface area contributed by atoms with Crippen molar-refractivity contribution >= 4 is 16.3 Å². The van der Waals surface area contributed by atoms with Crippen molar-refractivity contribution in [3.8, 4) is 11.5 Å². The van der Waals surface area contributed by atoms with Crippen LogP contribution in [0.4, 0.5) is 0 Å². The molecule has 166 valence electrons. The zero-order valence-corrected chi connectivity index (χ0v) is 19.4. The molecule has 6 heteroatoms. The van der Waals surface area contributed by atoms with Crippen LogP contribution in [-0.4, -0.2) is 24.6 Å². The molecule has 0 atom stereocenters. The molecule has 1 aromatic carbocycles. The van der Waals surface area contributed by atoms with E-state index in [1.54, 1.807) is 6.20 Å². The van der Waals surface area contributed by atoms with Gasteiger partial charge in [0.1, 0.15) is 11.5 Å². The average molecular weight is 430 g/mol. The summed E-state index contributed by atoms with van der Waals surface area (Å²) < 4.78 is 1.82. The van der Waals surface area contributed by atoms with Gasteiger partial charge in [-0.3, -0.25) is 9.78 Å². The zero-order valence-electron chi connectivity index (χ0n) is 19.4. The van der Waals surface area contributed by atoms with Crippen molar-refractivity contribution in [1.29, 1.82) is 0 Å². The highest BCUT2D eigenvalue weighted by Gasteiger charge is 2.32. The fourth-order valence-corrected chi connectivity index (χ4v) is 5.24. The van der Waals surface area contributed by atoms with Crippen LogP contribution in [0.5, 0.6) is 0 Å². The Hall–Kier alpha value is -3.02. The predicted octanol–water partition coefficient (Wildman–Crippen LogP) is 5.52. The summed E-state index contributed by atoms with van der Waals surface area (Å²) in [5, 5.41) is 6.95. The van der Waals surface area contributed by atoms with E-state index in [2.05, 4.69) is 30.7 Å². The minimum Gasteiger partial charge on any atom is -0.302 e. The van der Waals surface area contributed by atoms with Gasteiger partial charge in [-0.2, -0.15) is 0 Å². The number of nitrogens with zero attached hydrogens (tertiary/aromatic N) is 4. The van der Waals surface area contributed by atoms with E-state index >= 15 is 0 Å². The third-order valence-electron chi connectivity index (χ3n) is 7.15. The molecule has 0 spiro atoms. The molecule has 6 nitrogen and oxygen atoms in total. The zero-order chi connectivity index (χ0) is 22.5. The lowest BCUT2D eigenvalue weighted by Gasteiger charge is -2.36. The number of aromatic amines is 1. The highest BCUT2D eigenvalue weighted by atomic mass is 16.1. The molecule has 0 unspecified atom stereocenters. The average Bonchev–Trinajstić information content (AvgIpc) is 3.17. The van der Waals surface area contributed by atoms with Crippen molar-refractivity contribution in [2.45, 2.75) is 65.7 Å². The van der Waals surface area contributed by atoms with E-state index in [0.29, 0.717) is 34.8 Å². The summed E-state index contributed by atoms with van der Waals surface area (Å²) in [4.78, 5) is 25.7. The van der Waals surface area contributed by atoms with Gasteiger partial charge in [0, 0.05) is 17.5 Å². The smallest absolute Gasteiger partial charge is 0.277 e. The summed E-state index contributed by atoms with van der Waals surface area (Å²) in [6.07, 6.45) is 7.01. The van der Waals surface area contributed by atoms with Crippen molar-refractivity contribution < 1.29 is 0 Å². The number of fused-ring (bicyclic) bond motifs is 2. The molecule has 0 bridgehead atoms. The van der Waals surface area contributed by atoms with Gasteiger partial charge >= 0.3 is 0 Å². The van der Waals surface area contributed by atoms with Crippen LogP contribution >= 0.6 is 0 Å². The lowest BCUT2D eigenvalue weighted by molar-refractivity contribution is 0.167. The Kier molecular flexibility index (Phi) is 5.11. The largest absolute Gasteiger partial charge is 0.302 e. The maximum absolute atomic E-state index is 13.2. The van der Waals surface area contributed by atoms with Crippen molar-refractivity contribution in [3.63, 3.8) is 0 Å². The van der Waals surface area contributed by atoms with Crippen LogP contribution in [0, 0.1) is 11.3 Å². The van der Waals surface area contributed by atoms with Gasteiger partial charge in [-0.25, -0.2) is 9.50 Å². The molecule has 0 radical (unpaired) electrons. The molecular weight excluding hydrogens is 398 g/mol. The Morgan fingerprint density at radius 1 is 1.09 bits per heavy atom. The van der Waals surface area contributed by atoms with E-state index in [4.69, 9.17) is 10.1 Å². The number of hydrogen-bond acceptors (Lipinski definition) is 4. The van der Waals surface area contributed by atoms with Gasteiger partial charge in [-0.1, -0.05) is 52.0 Å². The number of aromatic nitrogens is 5. The monoisotopic (exact) mass is 429 g/mol. The van der Waals surface area contributed by atoms with Crippen LogP contribution in [0.15, 0.2) is 41.3 Å². The minimum absolute atomic E-state index is 0.149. The molecule has 1 fully saturated rings. The predicted molar refractivity (Wildman–Crippen MR) is 128 cm³/mol. The Morgan fingerprint density at radius 3 is 2.56 bits per heavy atom. The van der Waals surface area contributed by atoms with Gasteiger partial charge in [0.25, 0.3) is 5.56 Å². The molecule has 32 heavy (non-hydrogen) atoms. The molecule has 1 N–H and O–H groups in total. The van der Waals surface area contributed by atoms with Crippen LogP contribution in [0.3, 0.4) is 0 Å². The molecule has 4 aromatic rings. The van der Waals surface area contributed by atoms with E-state index in [1.807, 2.05) is 41.8 Å². The lowest BCUT2D eigenvalue weighted by atomic mass is 9.70. The topological polar surface area (TPSA) is 75.9 Å². The van der Waals surface area contributed by atoms with E-state index in [9.17, 15) is 4.79 Å². The number of hydrogen-bond donors (Lipinski definition) is 1. The number of nitrogens with one attached hydrogen (secondary N) is 1. The molecule has 1 saturated carbocycles. The summed E-state index contributed by atoms with van der Waals surface area (Å²) in [5.74, 6) is 2.47.